The van der Waals surface area contributed by atoms with Crippen molar-refractivity contribution in [1.29, 1.82) is 0 Å². The van der Waals surface area contributed by atoms with Gasteiger partial charge in [-0.05, 0) is 61.7 Å². The highest BCUT2D eigenvalue weighted by molar-refractivity contribution is 6.03. The average Bonchev–Trinajstić information content (AvgIpc) is 3.38. The average molecular weight is 500 g/mol. The molecule has 0 fully saturated rings. The van der Waals surface area contributed by atoms with Crippen LogP contribution < -0.4 is 5.56 Å². The standard InChI is InChI=1S/C29H26FN3O4/c1-18-5-4-6-20(15-18)26-17-24(32-37-26)19-9-14-23-25(16-19)31-27(7-2-3-8-28(34)35)33(29(23)36)22-12-10-21(30)11-13-22/h4-6,9-16,26H,2-3,7-8,17H2,1H3,(H,34,35). The van der Waals surface area contributed by atoms with Gasteiger partial charge in [-0.1, -0.05) is 41.1 Å². The number of benzene rings is 3. The third-order valence-corrected chi connectivity index (χ3v) is 6.48. The van der Waals surface area contributed by atoms with E-state index in [-0.39, 0.29) is 18.1 Å². The monoisotopic (exact) mass is 499 g/mol. The van der Waals surface area contributed by atoms with E-state index in [1.54, 1.807) is 6.07 Å². The molecule has 5 rings (SSSR count). The summed E-state index contributed by atoms with van der Waals surface area (Å²) in [6.07, 6.45) is 1.88. The molecular formula is C29H26FN3O4. The molecule has 0 bridgehead atoms. The maximum atomic E-state index is 13.6. The lowest BCUT2D eigenvalue weighted by molar-refractivity contribution is -0.137. The Labute approximate surface area is 212 Å². The SMILES string of the molecule is Cc1cccc(C2CC(c3ccc4c(=O)n(-c5ccc(F)cc5)c(CCCCC(=O)O)nc4c3)=NO2)c1. The van der Waals surface area contributed by atoms with E-state index in [1.165, 1.54) is 28.8 Å². The molecule has 1 aromatic heterocycles. The van der Waals surface area contributed by atoms with Gasteiger partial charge in [-0.15, -0.1) is 0 Å². The number of fused-ring (bicyclic) bond motifs is 1. The fraction of sp³-hybridized carbons (Fsp3) is 0.241. The maximum absolute atomic E-state index is 13.6. The Bertz CT molecular complexity index is 1560. The molecule has 1 atom stereocenters. The molecule has 1 aliphatic rings. The summed E-state index contributed by atoms with van der Waals surface area (Å²) in [6, 6.07) is 19.2. The van der Waals surface area contributed by atoms with Gasteiger partial charge in [-0.3, -0.25) is 14.2 Å². The highest BCUT2D eigenvalue weighted by Gasteiger charge is 2.24. The van der Waals surface area contributed by atoms with Crippen molar-refractivity contribution in [2.45, 2.75) is 45.1 Å². The zero-order valence-corrected chi connectivity index (χ0v) is 20.4. The van der Waals surface area contributed by atoms with E-state index in [9.17, 15) is 14.0 Å². The number of carboxylic acid groups (broad SMARTS) is 1. The van der Waals surface area contributed by atoms with Crippen molar-refractivity contribution in [3.63, 3.8) is 0 Å². The minimum absolute atomic E-state index is 0.0421. The number of hydrogen-bond donors (Lipinski definition) is 1. The second kappa shape index (κ2) is 10.3. The lowest BCUT2D eigenvalue weighted by atomic mass is 9.98. The molecule has 2 heterocycles. The molecule has 8 heteroatoms. The number of halogens is 1. The van der Waals surface area contributed by atoms with E-state index in [1.807, 2.05) is 37.3 Å². The summed E-state index contributed by atoms with van der Waals surface area (Å²) in [4.78, 5) is 35.0. The summed E-state index contributed by atoms with van der Waals surface area (Å²) < 4.78 is 15.0. The van der Waals surface area contributed by atoms with Crippen LogP contribution in [0.1, 0.15) is 54.3 Å². The summed E-state index contributed by atoms with van der Waals surface area (Å²) in [5.74, 6) is -0.772. The van der Waals surface area contributed by atoms with Gasteiger partial charge in [-0.25, -0.2) is 9.37 Å². The lowest BCUT2D eigenvalue weighted by Gasteiger charge is -2.14. The summed E-state index contributed by atoms with van der Waals surface area (Å²) in [7, 11) is 0. The summed E-state index contributed by atoms with van der Waals surface area (Å²) in [5, 5.41) is 13.7. The van der Waals surface area contributed by atoms with Crippen LogP contribution in [-0.2, 0) is 16.1 Å². The third-order valence-electron chi connectivity index (χ3n) is 6.48. The molecule has 1 unspecified atom stereocenters. The number of aromatic nitrogens is 2. The first kappa shape index (κ1) is 24.4. The predicted molar refractivity (Wildman–Crippen MR) is 139 cm³/mol. The number of aliphatic carboxylic acids is 1. The van der Waals surface area contributed by atoms with Gasteiger partial charge in [-0.2, -0.15) is 0 Å². The van der Waals surface area contributed by atoms with Crippen LogP contribution in [0.15, 0.2) is 76.7 Å². The fourth-order valence-electron chi connectivity index (χ4n) is 4.59. The highest BCUT2D eigenvalue weighted by Crippen LogP contribution is 2.30. The van der Waals surface area contributed by atoms with Crippen LogP contribution in [0.4, 0.5) is 4.39 Å². The molecule has 0 amide bonds. The van der Waals surface area contributed by atoms with Crippen LogP contribution in [0.3, 0.4) is 0 Å². The molecule has 7 nitrogen and oxygen atoms in total. The Hall–Kier alpha value is -4.33. The Morgan fingerprint density at radius 1 is 1.11 bits per heavy atom. The van der Waals surface area contributed by atoms with E-state index in [2.05, 4.69) is 11.2 Å². The molecule has 1 aliphatic heterocycles. The van der Waals surface area contributed by atoms with E-state index < -0.39 is 11.8 Å². The van der Waals surface area contributed by atoms with Crippen molar-refractivity contribution in [1.82, 2.24) is 9.55 Å². The largest absolute Gasteiger partial charge is 0.481 e. The Morgan fingerprint density at radius 3 is 2.68 bits per heavy atom. The van der Waals surface area contributed by atoms with E-state index in [4.69, 9.17) is 14.9 Å². The van der Waals surface area contributed by atoms with Crippen molar-refractivity contribution in [2.75, 3.05) is 0 Å². The molecule has 3 aromatic carbocycles. The van der Waals surface area contributed by atoms with Gasteiger partial charge in [0.05, 0.1) is 22.3 Å². The number of carboxylic acids is 1. The van der Waals surface area contributed by atoms with Crippen molar-refractivity contribution in [3.8, 4) is 5.69 Å². The molecule has 4 aromatic rings. The number of nitrogens with zero attached hydrogens (tertiary/aromatic N) is 3. The van der Waals surface area contributed by atoms with Crippen LogP contribution in [0.5, 0.6) is 0 Å². The van der Waals surface area contributed by atoms with Gasteiger partial charge in [0.2, 0.25) is 0 Å². The van der Waals surface area contributed by atoms with Gasteiger partial charge < -0.3 is 9.94 Å². The normalized spacial score (nSPS) is 15.0. The van der Waals surface area contributed by atoms with Crippen molar-refractivity contribution < 1.29 is 19.1 Å². The van der Waals surface area contributed by atoms with Gasteiger partial charge in [0.25, 0.3) is 5.56 Å². The summed E-state index contributed by atoms with van der Waals surface area (Å²) >= 11 is 0. The van der Waals surface area contributed by atoms with Crippen LogP contribution in [0, 0.1) is 12.7 Å². The van der Waals surface area contributed by atoms with E-state index in [0.717, 1.165) is 22.4 Å². The van der Waals surface area contributed by atoms with Crippen LogP contribution >= 0.6 is 0 Å². The molecule has 0 radical (unpaired) electrons. The molecule has 188 valence electrons. The second-order valence-corrected chi connectivity index (χ2v) is 9.23. The van der Waals surface area contributed by atoms with Crippen molar-refractivity contribution in [3.05, 3.63) is 105 Å². The number of oxime groups is 1. The summed E-state index contributed by atoms with van der Waals surface area (Å²) in [6.45, 7) is 2.03. The second-order valence-electron chi connectivity index (χ2n) is 9.23. The fourth-order valence-corrected chi connectivity index (χ4v) is 4.59. The Morgan fingerprint density at radius 2 is 1.92 bits per heavy atom. The van der Waals surface area contributed by atoms with Gasteiger partial charge >= 0.3 is 5.97 Å². The van der Waals surface area contributed by atoms with Crippen LogP contribution in [0.25, 0.3) is 16.6 Å². The number of rotatable bonds is 8. The molecule has 37 heavy (non-hydrogen) atoms. The van der Waals surface area contributed by atoms with Crippen LogP contribution in [-0.4, -0.2) is 26.3 Å². The number of hydrogen-bond acceptors (Lipinski definition) is 5. The van der Waals surface area contributed by atoms with Gasteiger partial charge in [0.15, 0.2) is 6.10 Å². The topological polar surface area (TPSA) is 93.8 Å². The smallest absolute Gasteiger partial charge is 0.303 e. The third kappa shape index (κ3) is 5.28. The predicted octanol–water partition coefficient (Wildman–Crippen LogP) is 5.50. The van der Waals surface area contributed by atoms with E-state index >= 15 is 0 Å². The molecule has 0 spiro atoms. The molecule has 0 saturated carbocycles. The first-order valence-corrected chi connectivity index (χ1v) is 12.2. The summed E-state index contributed by atoms with van der Waals surface area (Å²) in [5.41, 5.74) is 4.58. The molecule has 0 aliphatic carbocycles. The quantitative estimate of drug-likeness (QED) is 0.323. The minimum atomic E-state index is -0.865. The minimum Gasteiger partial charge on any atom is -0.481 e. The molecule has 1 N–H and O–H groups in total. The highest BCUT2D eigenvalue weighted by atomic mass is 19.1. The first-order chi connectivity index (χ1) is 17.9. The lowest BCUT2D eigenvalue weighted by Crippen LogP contribution is -2.24. The van der Waals surface area contributed by atoms with Crippen LogP contribution in [0.2, 0.25) is 0 Å². The Balaban J connectivity index is 1.49. The zero-order valence-electron chi connectivity index (χ0n) is 20.4. The van der Waals surface area contributed by atoms with Crippen molar-refractivity contribution >= 4 is 22.6 Å². The van der Waals surface area contributed by atoms with E-state index in [0.29, 0.717) is 48.1 Å². The number of carbonyl (C=O) groups is 1. The molecular weight excluding hydrogens is 473 g/mol. The molecule has 0 saturated heterocycles. The van der Waals surface area contributed by atoms with Gasteiger partial charge in [0, 0.05) is 24.8 Å². The zero-order chi connectivity index (χ0) is 25.9. The van der Waals surface area contributed by atoms with Gasteiger partial charge in [0.1, 0.15) is 11.6 Å². The Kier molecular flexibility index (Phi) is 6.81. The number of unbranched alkanes of at least 4 members (excludes halogenated alkanes) is 1. The number of aryl methyl sites for hydroxylation is 2. The first-order valence-electron chi connectivity index (χ1n) is 12.2. The van der Waals surface area contributed by atoms with Crippen molar-refractivity contribution in [2.24, 2.45) is 5.16 Å². The maximum Gasteiger partial charge on any atom is 0.303 e.